The molecule has 6 nitrogen and oxygen atoms in total. The van der Waals surface area contributed by atoms with E-state index >= 15 is 0 Å². The Hall–Kier alpha value is -2.57. The molecule has 0 unspecified atom stereocenters. The molecule has 1 saturated heterocycles. The normalized spacial score (nSPS) is 17.9. The Morgan fingerprint density at radius 3 is 2.96 bits per heavy atom. The van der Waals surface area contributed by atoms with Gasteiger partial charge >= 0.3 is 0 Å². The molecule has 1 aliphatic rings. The van der Waals surface area contributed by atoms with Crippen LogP contribution in [0.25, 0.3) is 10.9 Å². The molecule has 0 aliphatic carbocycles. The molecule has 27 heavy (non-hydrogen) atoms. The van der Waals surface area contributed by atoms with E-state index in [9.17, 15) is 0 Å². The number of hydrogen-bond donors (Lipinski definition) is 3. The summed E-state index contributed by atoms with van der Waals surface area (Å²) in [4.78, 5) is 2.50. The van der Waals surface area contributed by atoms with Crippen molar-refractivity contribution in [3.63, 3.8) is 0 Å². The molecular formula is C21H26N4O2. The Morgan fingerprint density at radius 2 is 2.11 bits per heavy atom. The summed E-state index contributed by atoms with van der Waals surface area (Å²) in [5, 5.41) is 20.7. The first-order valence-corrected chi connectivity index (χ1v) is 9.55. The van der Waals surface area contributed by atoms with Crippen LogP contribution in [0.4, 0.5) is 5.69 Å². The zero-order valence-corrected chi connectivity index (χ0v) is 15.4. The highest BCUT2D eigenvalue weighted by molar-refractivity contribution is 5.81. The monoisotopic (exact) mass is 366 g/mol. The number of anilines is 1. The van der Waals surface area contributed by atoms with Gasteiger partial charge in [0, 0.05) is 30.2 Å². The van der Waals surface area contributed by atoms with E-state index in [2.05, 4.69) is 50.7 Å². The minimum atomic E-state index is 0.0391. The highest BCUT2D eigenvalue weighted by Crippen LogP contribution is 2.22. The van der Waals surface area contributed by atoms with Crippen LogP contribution in [0.2, 0.25) is 0 Å². The summed E-state index contributed by atoms with van der Waals surface area (Å²) in [5.74, 6) is 0.806. The third-order valence-corrected chi connectivity index (χ3v) is 5.01. The van der Waals surface area contributed by atoms with E-state index in [-0.39, 0.29) is 6.61 Å². The first-order chi connectivity index (χ1) is 13.3. The fraction of sp³-hybridized carbons (Fsp3) is 0.381. The van der Waals surface area contributed by atoms with Crippen molar-refractivity contribution >= 4 is 16.6 Å². The van der Waals surface area contributed by atoms with Gasteiger partial charge in [0.15, 0.2) is 0 Å². The minimum Gasteiger partial charge on any atom is -0.491 e. The number of rotatable bonds is 7. The van der Waals surface area contributed by atoms with E-state index < -0.39 is 0 Å². The average Bonchev–Trinajstić information content (AvgIpc) is 3.16. The zero-order valence-electron chi connectivity index (χ0n) is 15.4. The molecule has 4 rings (SSSR count). The topological polar surface area (TPSA) is 73.4 Å². The van der Waals surface area contributed by atoms with Gasteiger partial charge in [-0.15, -0.1) is 0 Å². The molecule has 2 aromatic carbocycles. The maximum atomic E-state index is 8.83. The molecule has 3 aromatic rings. The van der Waals surface area contributed by atoms with Gasteiger partial charge < -0.3 is 15.2 Å². The number of benzene rings is 2. The van der Waals surface area contributed by atoms with Crippen molar-refractivity contribution in [1.29, 1.82) is 0 Å². The Bertz CT molecular complexity index is 862. The molecule has 0 amide bonds. The van der Waals surface area contributed by atoms with Crippen molar-refractivity contribution in [1.82, 2.24) is 15.1 Å². The first-order valence-electron chi connectivity index (χ1n) is 9.55. The van der Waals surface area contributed by atoms with Gasteiger partial charge in [-0.05, 0) is 55.3 Å². The summed E-state index contributed by atoms with van der Waals surface area (Å²) < 4.78 is 5.43. The summed E-state index contributed by atoms with van der Waals surface area (Å²) in [6.45, 7) is 3.48. The van der Waals surface area contributed by atoms with Gasteiger partial charge in [-0.1, -0.05) is 12.1 Å². The van der Waals surface area contributed by atoms with Crippen LogP contribution < -0.4 is 10.1 Å². The lowest BCUT2D eigenvalue weighted by molar-refractivity contribution is 0.200. The van der Waals surface area contributed by atoms with E-state index in [0.29, 0.717) is 12.6 Å². The van der Waals surface area contributed by atoms with Gasteiger partial charge in [0.05, 0.1) is 18.3 Å². The van der Waals surface area contributed by atoms with Gasteiger partial charge in [-0.3, -0.25) is 10.00 Å². The van der Waals surface area contributed by atoms with E-state index in [4.69, 9.17) is 9.84 Å². The maximum Gasteiger partial charge on any atom is 0.119 e. The molecule has 142 valence electrons. The molecular weight excluding hydrogens is 340 g/mol. The molecule has 0 spiro atoms. The Kier molecular flexibility index (Phi) is 5.55. The van der Waals surface area contributed by atoms with Crippen LogP contribution in [-0.4, -0.2) is 52.5 Å². The van der Waals surface area contributed by atoms with Crippen LogP contribution in [0.15, 0.2) is 48.7 Å². The second-order valence-corrected chi connectivity index (χ2v) is 7.11. The van der Waals surface area contributed by atoms with E-state index in [1.807, 2.05) is 18.3 Å². The van der Waals surface area contributed by atoms with Gasteiger partial charge in [-0.2, -0.15) is 5.10 Å². The van der Waals surface area contributed by atoms with Crippen LogP contribution in [0.3, 0.4) is 0 Å². The van der Waals surface area contributed by atoms with Gasteiger partial charge in [0.25, 0.3) is 0 Å². The third-order valence-electron chi connectivity index (χ3n) is 5.01. The van der Waals surface area contributed by atoms with Crippen molar-refractivity contribution < 1.29 is 9.84 Å². The molecule has 0 bridgehead atoms. The number of aromatic nitrogens is 2. The highest BCUT2D eigenvalue weighted by atomic mass is 16.5. The summed E-state index contributed by atoms with van der Waals surface area (Å²) in [6.07, 6.45) is 4.25. The summed E-state index contributed by atoms with van der Waals surface area (Å²) in [7, 11) is 0. The van der Waals surface area contributed by atoms with Gasteiger partial charge in [0.2, 0.25) is 0 Å². The van der Waals surface area contributed by atoms with Crippen LogP contribution in [-0.2, 0) is 6.54 Å². The molecule has 3 N–H and O–H groups in total. The molecule has 0 radical (unpaired) electrons. The smallest absolute Gasteiger partial charge is 0.119 e. The standard InChI is InChI=1S/C21H26N4O2/c26-10-11-27-20-6-3-16(4-7-20)14-25-9-1-2-19(15-25)23-18-5-8-21-17(12-18)13-22-24-21/h3-8,12-13,19,23,26H,1-2,9-11,14-15H2,(H,22,24)/t19-/m0/s1. The number of fused-ring (bicyclic) bond motifs is 1. The molecule has 6 heteroatoms. The van der Waals surface area contributed by atoms with Crippen LogP contribution in [0.5, 0.6) is 5.75 Å². The zero-order chi connectivity index (χ0) is 18.5. The number of hydrogen-bond acceptors (Lipinski definition) is 5. The van der Waals surface area contributed by atoms with Crippen molar-refractivity contribution in [2.75, 3.05) is 31.6 Å². The fourth-order valence-corrected chi connectivity index (χ4v) is 3.70. The molecule has 2 heterocycles. The molecule has 1 aromatic heterocycles. The lowest BCUT2D eigenvalue weighted by Gasteiger charge is -2.33. The number of aromatic amines is 1. The summed E-state index contributed by atoms with van der Waals surface area (Å²) in [5.41, 5.74) is 3.50. The predicted molar refractivity (Wildman–Crippen MR) is 107 cm³/mol. The molecule has 1 atom stereocenters. The number of ether oxygens (including phenoxy) is 1. The van der Waals surface area contributed by atoms with Crippen molar-refractivity contribution in [2.24, 2.45) is 0 Å². The summed E-state index contributed by atoms with van der Waals surface area (Å²) in [6, 6.07) is 15.0. The molecule has 0 saturated carbocycles. The number of aliphatic hydroxyl groups is 1. The number of piperidine rings is 1. The Labute approximate surface area is 159 Å². The van der Waals surface area contributed by atoms with Gasteiger partial charge in [-0.25, -0.2) is 0 Å². The largest absolute Gasteiger partial charge is 0.491 e. The minimum absolute atomic E-state index is 0.0391. The number of nitrogens with zero attached hydrogens (tertiary/aromatic N) is 2. The number of likely N-dealkylation sites (tertiary alicyclic amines) is 1. The van der Waals surface area contributed by atoms with E-state index in [0.717, 1.165) is 42.0 Å². The van der Waals surface area contributed by atoms with E-state index in [1.165, 1.54) is 18.4 Å². The quantitative estimate of drug-likeness (QED) is 0.599. The van der Waals surface area contributed by atoms with Crippen LogP contribution >= 0.6 is 0 Å². The number of nitrogens with one attached hydrogen (secondary N) is 2. The molecule has 1 fully saturated rings. The number of H-pyrrole nitrogens is 1. The Morgan fingerprint density at radius 1 is 1.22 bits per heavy atom. The van der Waals surface area contributed by atoms with Crippen LogP contribution in [0, 0.1) is 0 Å². The Balaban J connectivity index is 1.33. The second-order valence-electron chi connectivity index (χ2n) is 7.11. The van der Waals surface area contributed by atoms with Crippen LogP contribution in [0.1, 0.15) is 18.4 Å². The van der Waals surface area contributed by atoms with Crippen molar-refractivity contribution in [3.8, 4) is 5.75 Å². The van der Waals surface area contributed by atoms with Crippen molar-refractivity contribution in [3.05, 3.63) is 54.2 Å². The third kappa shape index (κ3) is 4.59. The second kappa shape index (κ2) is 8.41. The lowest BCUT2D eigenvalue weighted by atomic mass is 10.0. The highest BCUT2D eigenvalue weighted by Gasteiger charge is 2.20. The average molecular weight is 366 g/mol. The first kappa shape index (κ1) is 17.8. The fourth-order valence-electron chi connectivity index (χ4n) is 3.70. The predicted octanol–water partition coefficient (Wildman–Crippen LogP) is 3.01. The SMILES string of the molecule is OCCOc1ccc(CN2CCC[C@H](Nc3ccc4[nH]ncc4c3)C2)cc1. The van der Waals surface area contributed by atoms with Crippen molar-refractivity contribution in [2.45, 2.75) is 25.4 Å². The summed E-state index contributed by atoms with van der Waals surface area (Å²) >= 11 is 0. The van der Waals surface area contributed by atoms with Gasteiger partial charge in [0.1, 0.15) is 12.4 Å². The van der Waals surface area contributed by atoms with E-state index in [1.54, 1.807) is 0 Å². The molecule has 1 aliphatic heterocycles. The maximum absolute atomic E-state index is 8.83. The number of aliphatic hydroxyl groups excluding tert-OH is 1. The lowest BCUT2D eigenvalue weighted by Crippen LogP contribution is -2.41.